The summed E-state index contributed by atoms with van der Waals surface area (Å²) in [7, 11) is 1.99. The van der Waals surface area contributed by atoms with Gasteiger partial charge in [0.15, 0.2) is 0 Å². The first-order chi connectivity index (χ1) is 12.5. The molecular formula is C19H24N4O3. The van der Waals surface area contributed by atoms with Crippen molar-refractivity contribution in [2.24, 2.45) is 0 Å². The fraction of sp³-hybridized carbons (Fsp3) is 0.526. The molecule has 2 fully saturated rings. The van der Waals surface area contributed by atoms with Gasteiger partial charge in [0.05, 0.1) is 0 Å². The van der Waals surface area contributed by atoms with Crippen LogP contribution >= 0.6 is 0 Å². The molecule has 0 aromatic heterocycles. The highest BCUT2D eigenvalue weighted by Crippen LogP contribution is 2.28. The summed E-state index contributed by atoms with van der Waals surface area (Å²) in [5.41, 5.74) is 2.77. The first kappa shape index (κ1) is 17.2. The number of benzene rings is 1. The van der Waals surface area contributed by atoms with Gasteiger partial charge < -0.3 is 10.2 Å². The summed E-state index contributed by atoms with van der Waals surface area (Å²) >= 11 is 0. The number of carbonyl (C=O) groups excluding carboxylic acids is 3. The van der Waals surface area contributed by atoms with Crippen molar-refractivity contribution in [2.45, 2.75) is 44.4 Å². The van der Waals surface area contributed by atoms with Gasteiger partial charge in [0.2, 0.25) is 11.8 Å². The zero-order valence-corrected chi connectivity index (χ0v) is 15.0. The molecule has 7 heteroatoms. The fourth-order valence-electron chi connectivity index (χ4n) is 4.17. The molecule has 0 bridgehead atoms. The van der Waals surface area contributed by atoms with Gasteiger partial charge in [0.1, 0.15) is 6.04 Å². The average Bonchev–Trinajstić information content (AvgIpc) is 3.20. The Hall–Kier alpha value is -2.25. The Morgan fingerprint density at radius 1 is 1.23 bits per heavy atom. The number of likely N-dealkylation sites (tertiary alicyclic amines) is 1. The number of carbonyl (C=O) groups is 3. The van der Waals surface area contributed by atoms with Gasteiger partial charge in [-0.15, -0.1) is 0 Å². The van der Waals surface area contributed by atoms with Crippen molar-refractivity contribution in [3.63, 3.8) is 0 Å². The van der Waals surface area contributed by atoms with Crippen LogP contribution in [0.4, 0.5) is 0 Å². The van der Waals surface area contributed by atoms with Gasteiger partial charge >= 0.3 is 0 Å². The molecule has 3 amide bonds. The number of fused-ring (bicyclic) bond motifs is 1. The summed E-state index contributed by atoms with van der Waals surface area (Å²) in [5, 5.41) is 5.65. The maximum atomic E-state index is 12.8. The second kappa shape index (κ2) is 6.81. The molecule has 3 heterocycles. The van der Waals surface area contributed by atoms with E-state index in [2.05, 4.69) is 21.6 Å². The monoisotopic (exact) mass is 356 g/mol. The number of rotatable bonds is 4. The van der Waals surface area contributed by atoms with E-state index in [1.165, 1.54) is 0 Å². The summed E-state index contributed by atoms with van der Waals surface area (Å²) in [5.74, 6) is -0.730. The fourth-order valence-corrected chi connectivity index (χ4v) is 4.17. The summed E-state index contributed by atoms with van der Waals surface area (Å²) in [6, 6.07) is 6.03. The van der Waals surface area contributed by atoms with E-state index in [1.807, 2.05) is 19.2 Å². The molecule has 1 aromatic rings. The van der Waals surface area contributed by atoms with Crippen LogP contribution < -0.4 is 10.6 Å². The molecule has 1 aromatic carbocycles. The second-order valence-electron chi connectivity index (χ2n) is 7.40. The zero-order valence-electron chi connectivity index (χ0n) is 15.0. The largest absolute Gasteiger partial charge is 0.322 e. The Balaban J connectivity index is 1.47. The van der Waals surface area contributed by atoms with Crippen LogP contribution in [0.1, 0.15) is 40.7 Å². The van der Waals surface area contributed by atoms with Crippen molar-refractivity contribution in [3.05, 3.63) is 34.9 Å². The maximum Gasteiger partial charge on any atom is 0.255 e. The van der Waals surface area contributed by atoms with Crippen LogP contribution in [0.5, 0.6) is 0 Å². The molecule has 3 aliphatic rings. The van der Waals surface area contributed by atoms with Gasteiger partial charge in [0, 0.05) is 44.2 Å². The Kier molecular flexibility index (Phi) is 4.50. The number of amides is 3. The van der Waals surface area contributed by atoms with E-state index in [4.69, 9.17) is 0 Å². The molecule has 4 rings (SSSR count). The topological polar surface area (TPSA) is 81.8 Å². The lowest BCUT2D eigenvalue weighted by atomic mass is 10.0. The van der Waals surface area contributed by atoms with Crippen LogP contribution in [-0.4, -0.2) is 59.7 Å². The molecule has 138 valence electrons. The molecule has 0 aliphatic carbocycles. The summed E-state index contributed by atoms with van der Waals surface area (Å²) in [6.07, 6.45) is 1.82. The van der Waals surface area contributed by atoms with Crippen LogP contribution in [0.15, 0.2) is 18.2 Å². The quantitative estimate of drug-likeness (QED) is 0.756. The van der Waals surface area contributed by atoms with Gasteiger partial charge in [-0.1, -0.05) is 12.1 Å². The third-order valence-electron chi connectivity index (χ3n) is 5.68. The van der Waals surface area contributed by atoms with Gasteiger partial charge in [-0.3, -0.25) is 24.6 Å². The zero-order chi connectivity index (χ0) is 18.3. The highest BCUT2D eigenvalue weighted by atomic mass is 16.2. The van der Waals surface area contributed by atoms with Crippen molar-refractivity contribution < 1.29 is 14.4 Å². The standard InChI is InChI=1S/C19H24N4O3/c1-20-14-6-7-22(11-14)9-12-2-3-13-10-23(19(26)15(13)8-12)16-4-5-17(24)21-18(16)25/h2-3,8,14,16,20H,4-7,9-11H2,1H3,(H,21,24,25)/t14-,16?/m0/s1. The highest BCUT2D eigenvalue weighted by Gasteiger charge is 2.39. The molecule has 0 spiro atoms. The number of piperidine rings is 1. The molecule has 2 saturated heterocycles. The first-order valence-corrected chi connectivity index (χ1v) is 9.21. The average molecular weight is 356 g/mol. The molecule has 0 saturated carbocycles. The predicted molar refractivity (Wildman–Crippen MR) is 95.2 cm³/mol. The van der Waals surface area contributed by atoms with E-state index in [0.29, 0.717) is 24.6 Å². The van der Waals surface area contributed by atoms with Crippen molar-refractivity contribution in [3.8, 4) is 0 Å². The van der Waals surface area contributed by atoms with Gasteiger partial charge in [-0.05, 0) is 37.1 Å². The molecule has 2 atom stereocenters. The third kappa shape index (κ3) is 3.12. The van der Waals surface area contributed by atoms with Gasteiger partial charge in [-0.25, -0.2) is 0 Å². The van der Waals surface area contributed by atoms with E-state index >= 15 is 0 Å². The van der Waals surface area contributed by atoms with Crippen molar-refractivity contribution >= 4 is 17.7 Å². The molecular weight excluding hydrogens is 332 g/mol. The Morgan fingerprint density at radius 3 is 2.81 bits per heavy atom. The van der Waals surface area contributed by atoms with Crippen molar-refractivity contribution in [1.82, 2.24) is 20.4 Å². The molecule has 7 nitrogen and oxygen atoms in total. The highest BCUT2D eigenvalue weighted by molar-refractivity contribution is 6.05. The number of likely N-dealkylation sites (N-methyl/N-ethyl adjacent to an activating group) is 1. The maximum absolute atomic E-state index is 12.8. The molecule has 0 radical (unpaired) electrons. The molecule has 26 heavy (non-hydrogen) atoms. The first-order valence-electron chi connectivity index (χ1n) is 9.21. The Morgan fingerprint density at radius 2 is 2.08 bits per heavy atom. The minimum Gasteiger partial charge on any atom is -0.322 e. The van der Waals surface area contributed by atoms with Crippen LogP contribution in [0.25, 0.3) is 0 Å². The number of imide groups is 1. The van der Waals surface area contributed by atoms with Crippen LogP contribution in [0.3, 0.4) is 0 Å². The second-order valence-corrected chi connectivity index (χ2v) is 7.40. The molecule has 1 unspecified atom stereocenters. The Bertz CT molecular complexity index is 763. The van der Waals surface area contributed by atoms with E-state index in [0.717, 1.165) is 37.2 Å². The normalized spacial score (nSPS) is 26.3. The number of nitrogens with one attached hydrogen (secondary N) is 2. The summed E-state index contributed by atoms with van der Waals surface area (Å²) < 4.78 is 0. The third-order valence-corrected chi connectivity index (χ3v) is 5.68. The van der Waals surface area contributed by atoms with Crippen LogP contribution in [0, 0.1) is 0 Å². The predicted octanol–water partition coefficient (Wildman–Crippen LogP) is 0.241. The SMILES string of the molecule is CN[C@H]1CCN(Cc2ccc3c(c2)C(=O)N(C2CCC(=O)NC2=O)C3)C1. The van der Waals surface area contributed by atoms with Crippen LogP contribution in [-0.2, 0) is 22.7 Å². The number of hydrogen-bond donors (Lipinski definition) is 2. The minimum absolute atomic E-state index is 0.106. The lowest BCUT2D eigenvalue weighted by Crippen LogP contribution is -2.52. The smallest absolute Gasteiger partial charge is 0.255 e. The van der Waals surface area contributed by atoms with Gasteiger partial charge in [-0.2, -0.15) is 0 Å². The summed E-state index contributed by atoms with van der Waals surface area (Å²) in [6.45, 7) is 3.34. The minimum atomic E-state index is -0.550. The molecule has 3 aliphatic heterocycles. The Labute approximate surface area is 152 Å². The van der Waals surface area contributed by atoms with Crippen molar-refractivity contribution in [1.29, 1.82) is 0 Å². The van der Waals surface area contributed by atoms with E-state index in [1.54, 1.807) is 4.90 Å². The number of hydrogen-bond acceptors (Lipinski definition) is 5. The van der Waals surface area contributed by atoms with E-state index < -0.39 is 6.04 Å². The number of nitrogens with zero attached hydrogens (tertiary/aromatic N) is 2. The van der Waals surface area contributed by atoms with E-state index in [-0.39, 0.29) is 24.1 Å². The lowest BCUT2D eigenvalue weighted by Gasteiger charge is -2.29. The lowest BCUT2D eigenvalue weighted by molar-refractivity contribution is -0.136. The molecule has 2 N–H and O–H groups in total. The van der Waals surface area contributed by atoms with Crippen LogP contribution in [0.2, 0.25) is 0 Å². The van der Waals surface area contributed by atoms with Crippen molar-refractivity contribution in [2.75, 3.05) is 20.1 Å². The van der Waals surface area contributed by atoms with E-state index in [9.17, 15) is 14.4 Å². The van der Waals surface area contributed by atoms with Gasteiger partial charge in [0.25, 0.3) is 5.91 Å². The summed E-state index contributed by atoms with van der Waals surface area (Å²) in [4.78, 5) is 40.3.